The minimum Gasteiger partial charge on any atom is -0.427 e. The van der Waals surface area contributed by atoms with E-state index in [0.717, 1.165) is 18.6 Å². The molecule has 0 bridgehead atoms. The molecule has 2 heteroatoms. The summed E-state index contributed by atoms with van der Waals surface area (Å²) in [6, 6.07) is 0. The van der Waals surface area contributed by atoms with E-state index in [1.54, 1.807) is 0 Å². The Morgan fingerprint density at radius 3 is 3.00 bits per heavy atom. The third-order valence-corrected chi connectivity index (χ3v) is 4.26. The van der Waals surface area contributed by atoms with Crippen molar-refractivity contribution in [3.63, 3.8) is 0 Å². The smallest absolute Gasteiger partial charge is 0.339 e. The summed E-state index contributed by atoms with van der Waals surface area (Å²) in [5.41, 5.74) is 1.80. The lowest BCUT2D eigenvalue weighted by Crippen LogP contribution is -2.33. The Balaban J connectivity index is 2.08. The number of rotatable bonds is 0. The van der Waals surface area contributed by atoms with Crippen LogP contribution in [0.5, 0.6) is 0 Å². The molecule has 0 aromatic heterocycles. The van der Waals surface area contributed by atoms with Gasteiger partial charge in [0.15, 0.2) is 0 Å². The van der Waals surface area contributed by atoms with Crippen molar-refractivity contribution in [1.82, 2.24) is 0 Å². The standard InChI is InChI=1S/C15H16O2/c1-9-5-4-6-15(3)8-13-11(7-12(9)15)10(2)14(16)17-13/h4,6,8,11-12H,1-2,5,7H2,3H3. The van der Waals surface area contributed by atoms with Crippen LogP contribution < -0.4 is 0 Å². The van der Waals surface area contributed by atoms with Gasteiger partial charge in [-0.2, -0.15) is 0 Å². The number of allylic oxidation sites excluding steroid dienone is 5. The van der Waals surface area contributed by atoms with Crippen molar-refractivity contribution >= 4 is 5.97 Å². The highest BCUT2D eigenvalue weighted by Gasteiger charge is 2.46. The first-order chi connectivity index (χ1) is 8.01. The topological polar surface area (TPSA) is 26.3 Å². The quantitative estimate of drug-likeness (QED) is 0.362. The van der Waals surface area contributed by atoms with Gasteiger partial charge in [-0.05, 0) is 24.8 Å². The zero-order valence-electron chi connectivity index (χ0n) is 10.0. The highest BCUT2D eigenvalue weighted by atomic mass is 16.5. The monoisotopic (exact) mass is 228 g/mol. The largest absolute Gasteiger partial charge is 0.427 e. The van der Waals surface area contributed by atoms with Crippen molar-refractivity contribution in [1.29, 1.82) is 0 Å². The molecule has 3 rings (SSSR count). The molecule has 1 fully saturated rings. The van der Waals surface area contributed by atoms with E-state index in [1.807, 2.05) is 0 Å². The molecule has 0 aromatic rings. The molecule has 0 aromatic carbocycles. The molecule has 2 aliphatic carbocycles. The highest BCUT2D eigenvalue weighted by Crippen LogP contribution is 2.52. The first-order valence-electron chi connectivity index (χ1n) is 6.00. The predicted octanol–water partition coefficient (Wildman–Crippen LogP) is 3.14. The normalized spacial score (nSPS) is 39.6. The van der Waals surface area contributed by atoms with E-state index in [-0.39, 0.29) is 17.3 Å². The Kier molecular flexibility index (Phi) is 2.00. The van der Waals surface area contributed by atoms with Gasteiger partial charge in [-0.3, -0.25) is 0 Å². The van der Waals surface area contributed by atoms with E-state index in [9.17, 15) is 4.79 Å². The average molecular weight is 228 g/mol. The predicted molar refractivity (Wildman–Crippen MR) is 65.9 cm³/mol. The summed E-state index contributed by atoms with van der Waals surface area (Å²) in [4.78, 5) is 11.5. The lowest BCUT2D eigenvalue weighted by molar-refractivity contribution is -0.132. The summed E-state index contributed by atoms with van der Waals surface area (Å²) in [6.45, 7) is 10.2. The summed E-state index contributed by atoms with van der Waals surface area (Å²) >= 11 is 0. The molecule has 17 heavy (non-hydrogen) atoms. The molecule has 3 unspecified atom stereocenters. The van der Waals surface area contributed by atoms with Crippen LogP contribution in [0.1, 0.15) is 19.8 Å². The lowest BCUT2D eigenvalue weighted by Gasteiger charge is -2.41. The second kappa shape index (κ2) is 3.22. The van der Waals surface area contributed by atoms with E-state index < -0.39 is 0 Å². The summed E-state index contributed by atoms with van der Waals surface area (Å²) in [7, 11) is 0. The fraction of sp³-hybridized carbons (Fsp3) is 0.400. The molecule has 0 saturated carbocycles. The number of carbonyl (C=O) groups is 1. The Hall–Kier alpha value is -1.57. The molecule has 0 radical (unpaired) electrons. The average Bonchev–Trinajstić information content (AvgIpc) is 2.52. The van der Waals surface area contributed by atoms with Gasteiger partial charge in [0.25, 0.3) is 0 Å². The fourth-order valence-electron chi connectivity index (χ4n) is 3.22. The first kappa shape index (κ1) is 10.6. The van der Waals surface area contributed by atoms with Crippen LogP contribution in [0.25, 0.3) is 0 Å². The summed E-state index contributed by atoms with van der Waals surface area (Å²) in [5, 5.41) is 0. The second-order valence-corrected chi connectivity index (χ2v) is 5.43. The summed E-state index contributed by atoms with van der Waals surface area (Å²) < 4.78 is 5.29. The van der Waals surface area contributed by atoms with Crippen LogP contribution in [0.2, 0.25) is 0 Å². The van der Waals surface area contributed by atoms with Crippen molar-refractivity contribution in [2.24, 2.45) is 17.3 Å². The number of hydrogen-bond donors (Lipinski definition) is 0. The molecule has 0 N–H and O–H groups in total. The third kappa shape index (κ3) is 1.36. The van der Waals surface area contributed by atoms with Crippen molar-refractivity contribution in [2.75, 3.05) is 0 Å². The van der Waals surface area contributed by atoms with Gasteiger partial charge in [0.2, 0.25) is 0 Å². The van der Waals surface area contributed by atoms with E-state index in [1.165, 1.54) is 5.57 Å². The van der Waals surface area contributed by atoms with Crippen molar-refractivity contribution in [3.8, 4) is 0 Å². The van der Waals surface area contributed by atoms with Crippen LogP contribution in [0.15, 0.2) is 48.3 Å². The van der Waals surface area contributed by atoms with Crippen LogP contribution in [-0.4, -0.2) is 5.97 Å². The number of esters is 1. The van der Waals surface area contributed by atoms with Crippen LogP contribution in [0.3, 0.4) is 0 Å². The second-order valence-electron chi connectivity index (χ2n) is 5.43. The summed E-state index contributed by atoms with van der Waals surface area (Å²) in [5.74, 6) is 0.993. The molecule has 1 heterocycles. The van der Waals surface area contributed by atoms with Gasteiger partial charge in [0.1, 0.15) is 5.76 Å². The van der Waals surface area contributed by atoms with Gasteiger partial charge in [-0.25, -0.2) is 4.79 Å². The van der Waals surface area contributed by atoms with Gasteiger partial charge in [0.05, 0.1) is 0 Å². The Labute approximate surface area is 101 Å². The van der Waals surface area contributed by atoms with Crippen LogP contribution in [-0.2, 0) is 9.53 Å². The highest BCUT2D eigenvalue weighted by molar-refractivity contribution is 5.92. The van der Waals surface area contributed by atoms with Crippen LogP contribution >= 0.6 is 0 Å². The SMILES string of the molecule is C=C1C(=O)OC2=CC3(C)C=CCC(=C)C3CC12. The Morgan fingerprint density at radius 2 is 2.24 bits per heavy atom. The van der Waals surface area contributed by atoms with E-state index in [4.69, 9.17) is 4.74 Å². The van der Waals surface area contributed by atoms with Gasteiger partial charge in [0, 0.05) is 16.9 Å². The minimum atomic E-state index is -0.266. The number of ether oxygens (including phenoxy) is 1. The molecule has 3 aliphatic rings. The third-order valence-electron chi connectivity index (χ3n) is 4.26. The molecular weight excluding hydrogens is 212 g/mol. The minimum absolute atomic E-state index is 0.0495. The Morgan fingerprint density at radius 1 is 1.47 bits per heavy atom. The van der Waals surface area contributed by atoms with E-state index >= 15 is 0 Å². The van der Waals surface area contributed by atoms with Crippen molar-refractivity contribution < 1.29 is 9.53 Å². The maximum Gasteiger partial charge on any atom is 0.339 e. The van der Waals surface area contributed by atoms with Crippen molar-refractivity contribution in [2.45, 2.75) is 19.8 Å². The van der Waals surface area contributed by atoms with Gasteiger partial charge in [-0.15, -0.1) is 0 Å². The van der Waals surface area contributed by atoms with Gasteiger partial charge >= 0.3 is 5.97 Å². The number of fused-ring (bicyclic) bond motifs is 2. The molecular formula is C15H16O2. The zero-order valence-corrected chi connectivity index (χ0v) is 10.0. The van der Waals surface area contributed by atoms with Crippen LogP contribution in [0, 0.1) is 17.3 Å². The fourth-order valence-corrected chi connectivity index (χ4v) is 3.22. The van der Waals surface area contributed by atoms with E-state index in [0.29, 0.717) is 11.5 Å². The number of hydrogen-bond acceptors (Lipinski definition) is 2. The molecule has 1 aliphatic heterocycles. The zero-order chi connectivity index (χ0) is 12.2. The number of carbonyl (C=O) groups excluding carboxylic acids is 1. The lowest BCUT2D eigenvalue weighted by atomic mass is 9.62. The molecule has 0 spiro atoms. The summed E-state index contributed by atoms with van der Waals surface area (Å²) in [6.07, 6.45) is 8.29. The molecule has 2 nitrogen and oxygen atoms in total. The van der Waals surface area contributed by atoms with Crippen LogP contribution in [0.4, 0.5) is 0 Å². The molecule has 88 valence electrons. The molecule has 3 atom stereocenters. The molecule has 1 saturated heterocycles. The van der Waals surface area contributed by atoms with E-state index in [2.05, 4.69) is 38.3 Å². The van der Waals surface area contributed by atoms with Gasteiger partial charge < -0.3 is 4.74 Å². The molecule has 0 amide bonds. The van der Waals surface area contributed by atoms with Gasteiger partial charge in [-0.1, -0.05) is 37.8 Å². The maximum absolute atomic E-state index is 11.5. The first-order valence-corrected chi connectivity index (χ1v) is 6.00. The Bertz CT molecular complexity index is 495. The maximum atomic E-state index is 11.5. The van der Waals surface area contributed by atoms with Crippen molar-refractivity contribution in [3.05, 3.63) is 48.3 Å².